The van der Waals surface area contributed by atoms with Gasteiger partial charge in [0.1, 0.15) is 0 Å². The van der Waals surface area contributed by atoms with Crippen molar-refractivity contribution in [2.45, 2.75) is 17.9 Å². The van der Waals surface area contributed by atoms with Gasteiger partial charge in [-0.2, -0.15) is 4.31 Å². The molecule has 0 spiro atoms. The van der Waals surface area contributed by atoms with Crippen molar-refractivity contribution in [3.63, 3.8) is 0 Å². The molecule has 0 radical (unpaired) electrons. The molecule has 1 aromatic heterocycles. The Bertz CT molecular complexity index is 744. The number of rotatable bonds is 4. The fourth-order valence-corrected chi connectivity index (χ4v) is 4.47. The van der Waals surface area contributed by atoms with Crippen molar-refractivity contribution in [3.8, 4) is 0 Å². The maximum Gasteiger partial charge on any atom is 0.371 e. The zero-order chi connectivity index (χ0) is 18.0. The van der Waals surface area contributed by atoms with E-state index in [-0.39, 0.29) is 30.0 Å². The van der Waals surface area contributed by atoms with E-state index < -0.39 is 21.8 Å². The molecule has 3 heterocycles. The number of carboxylic acid groups (broad SMARTS) is 1. The van der Waals surface area contributed by atoms with Crippen molar-refractivity contribution in [1.82, 2.24) is 9.21 Å². The number of sulfonamides is 1. The Labute approximate surface area is 145 Å². The highest BCUT2D eigenvalue weighted by atomic mass is 32.2. The zero-order valence-electron chi connectivity index (χ0n) is 13.6. The summed E-state index contributed by atoms with van der Waals surface area (Å²) in [6, 6.07) is 2.26. The van der Waals surface area contributed by atoms with Crippen LogP contribution in [-0.4, -0.2) is 74.0 Å². The number of carboxylic acids is 1. The Morgan fingerprint density at radius 2 is 1.72 bits per heavy atom. The zero-order valence-corrected chi connectivity index (χ0v) is 14.4. The monoisotopic (exact) mass is 372 g/mol. The lowest BCUT2D eigenvalue weighted by molar-refractivity contribution is -0.140. The molecule has 2 saturated heterocycles. The van der Waals surface area contributed by atoms with Crippen molar-refractivity contribution in [2.75, 3.05) is 39.4 Å². The maximum absolute atomic E-state index is 12.5. The lowest BCUT2D eigenvalue weighted by Gasteiger charge is -2.34. The first-order chi connectivity index (χ1) is 11.9. The molecule has 0 saturated carbocycles. The van der Waals surface area contributed by atoms with Crippen LogP contribution in [0.2, 0.25) is 0 Å². The summed E-state index contributed by atoms with van der Waals surface area (Å²) < 4.78 is 36.4. The van der Waals surface area contributed by atoms with E-state index >= 15 is 0 Å². The van der Waals surface area contributed by atoms with E-state index in [0.717, 1.165) is 12.1 Å². The van der Waals surface area contributed by atoms with Crippen LogP contribution in [0.25, 0.3) is 0 Å². The average Bonchev–Trinajstić information content (AvgIpc) is 3.13. The number of carbonyl (C=O) groups is 2. The second kappa shape index (κ2) is 7.14. The smallest absolute Gasteiger partial charge is 0.371 e. The second-order valence-corrected chi connectivity index (χ2v) is 7.91. The number of hydrogen-bond donors (Lipinski definition) is 1. The summed E-state index contributed by atoms with van der Waals surface area (Å²) in [6.45, 7) is 2.61. The van der Waals surface area contributed by atoms with Crippen LogP contribution in [0.5, 0.6) is 0 Å². The summed E-state index contributed by atoms with van der Waals surface area (Å²) in [4.78, 5) is 25.1. The van der Waals surface area contributed by atoms with Crippen molar-refractivity contribution >= 4 is 21.9 Å². The normalized spacial score (nSPS) is 20.6. The molecule has 2 fully saturated rings. The molecule has 0 bridgehead atoms. The predicted molar refractivity (Wildman–Crippen MR) is 84.5 cm³/mol. The first-order valence-corrected chi connectivity index (χ1v) is 9.53. The Morgan fingerprint density at radius 1 is 1.08 bits per heavy atom. The quantitative estimate of drug-likeness (QED) is 0.804. The van der Waals surface area contributed by atoms with Gasteiger partial charge in [-0.3, -0.25) is 4.79 Å². The molecule has 10 heteroatoms. The summed E-state index contributed by atoms with van der Waals surface area (Å²) in [6.07, 6.45) is 0.865. The third kappa shape index (κ3) is 3.70. The fraction of sp³-hybridized carbons (Fsp3) is 0.600. The van der Waals surface area contributed by atoms with E-state index in [4.69, 9.17) is 14.3 Å². The van der Waals surface area contributed by atoms with Gasteiger partial charge >= 0.3 is 5.97 Å². The van der Waals surface area contributed by atoms with Gasteiger partial charge in [0.25, 0.3) is 10.0 Å². The van der Waals surface area contributed by atoms with Crippen LogP contribution in [-0.2, 0) is 19.6 Å². The van der Waals surface area contributed by atoms with Gasteiger partial charge in [-0.1, -0.05) is 0 Å². The molecular weight excluding hydrogens is 352 g/mol. The standard InChI is InChI=1S/C15H20N2O7S/c18-14(16-7-9-23-10-8-16)11-3-5-17(6-4-11)25(21,22)13-2-1-12(24-13)15(19)20/h1-2,11H,3-10H2,(H,19,20). The molecule has 1 aromatic rings. The second-order valence-electron chi connectivity index (χ2n) is 6.04. The van der Waals surface area contributed by atoms with Gasteiger partial charge in [0.05, 0.1) is 13.2 Å². The van der Waals surface area contributed by atoms with Crippen molar-refractivity contribution in [2.24, 2.45) is 5.92 Å². The van der Waals surface area contributed by atoms with E-state index in [0.29, 0.717) is 39.1 Å². The lowest BCUT2D eigenvalue weighted by atomic mass is 9.96. The number of nitrogens with zero attached hydrogens (tertiary/aromatic N) is 2. The predicted octanol–water partition coefficient (Wildman–Crippen LogP) is 0.237. The number of morpholine rings is 1. The summed E-state index contributed by atoms with van der Waals surface area (Å²) >= 11 is 0. The molecular formula is C15H20N2O7S. The number of aromatic carboxylic acids is 1. The van der Waals surface area contributed by atoms with Crippen LogP contribution in [0.4, 0.5) is 0 Å². The highest BCUT2D eigenvalue weighted by Gasteiger charge is 2.35. The van der Waals surface area contributed by atoms with Crippen LogP contribution in [0.1, 0.15) is 23.4 Å². The average molecular weight is 372 g/mol. The van der Waals surface area contributed by atoms with Crippen LogP contribution in [0.15, 0.2) is 21.6 Å². The number of amides is 1. The number of hydrogen-bond acceptors (Lipinski definition) is 6. The molecule has 0 unspecified atom stereocenters. The van der Waals surface area contributed by atoms with Gasteiger partial charge in [0.2, 0.25) is 16.8 Å². The minimum atomic E-state index is -3.89. The Hall–Kier alpha value is -1.91. The first-order valence-electron chi connectivity index (χ1n) is 8.09. The maximum atomic E-state index is 12.5. The third-order valence-corrected chi connectivity index (χ3v) is 6.29. The summed E-state index contributed by atoms with van der Waals surface area (Å²) in [7, 11) is -3.89. The van der Waals surface area contributed by atoms with Crippen molar-refractivity contribution in [1.29, 1.82) is 0 Å². The minimum absolute atomic E-state index is 0.0477. The summed E-state index contributed by atoms with van der Waals surface area (Å²) in [5.74, 6) is -1.89. The fourth-order valence-electron chi connectivity index (χ4n) is 3.09. The summed E-state index contributed by atoms with van der Waals surface area (Å²) in [5.41, 5.74) is 0. The van der Waals surface area contributed by atoms with Crippen LogP contribution < -0.4 is 0 Å². The van der Waals surface area contributed by atoms with Gasteiger partial charge in [-0.15, -0.1) is 0 Å². The molecule has 3 rings (SSSR count). The van der Waals surface area contributed by atoms with E-state index in [2.05, 4.69) is 0 Å². The highest BCUT2D eigenvalue weighted by molar-refractivity contribution is 7.89. The van der Waals surface area contributed by atoms with Crippen LogP contribution in [0, 0.1) is 5.92 Å². The van der Waals surface area contributed by atoms with Gasteiger partial charge in [-0.05, 0) is 25.0 Å². The van der Waals surface area contributed by atoms with Gasteiger partial charge in [-0.25, -0.2) is 13.2 Å². The largest absolute Gasteiger partial charge is 0.475 e. The molecule has 2 aliphatic heterocycles. The molecule has 0 aliphatic carbocycles. The SMILES string of the molecule is O=C(O)c1ccc(S(=O)(=O)N2CCC(C(=O)N3CCOCC3)CC2)o1. The Morgan fingerprint density at radius 3 is 2.28 bits per heavy atom. The van der Waals surface area contributed by atoms with Crippen molar-refractivity contribution in [3.05, 3.63) is 17.9 Å². The first kappa shape index (κ1) is 17.9. The topological polar surface area (TPSA) is 117 Å². The van der Waals surface area contributed by atoms with E-state index in [9.17, 15) is 18.0 Å². The van der Waals surface area contributed by atoms with Gasteiger partial charge in [0.15, 0.2) is 0 Å². The summed E-state index contributed by atoms with van der Waals surface area (Å²) in [5, 5.41) is 8.45. The number of ether oxygens (including phenoxy) is 1. The number of piperidine rings is 1. The van der Waals surface area contributed by atoms with Gasteiger partial charge in [0, 0.05) is 32.1 Å². The van der Waals surface area contributed by atoms with E-state index in [1.54, 1.807) is 4.90 Å². The lowest BCUT2D eigenvalue weighted by Crippen LogP contribution is -2.47. The molecule has 138 valence electrons. The molecule has 1 N–H and O–H groups in total. The Balaban J connectivity index is 1.62. The molecule has 9 nitrogen and oxygen atoms in total. The molecule has 0 atom stereocenters. The van der Waals surface area contributed by atoms with Gasteiger partial charge < -0.3 is 19.2 Å². The molecule has 25 heavy (non-hydrogen) atoms. The molecule has 0 aromatic carbocycles. The number of carbonyl (C=O) groups excluding carboxylic acids is 1. The molecule has 2 aliphatic rings. The van der Waals surface area contributed by atoms with Crippen molar-refractivity contribution < 1.29 is 32.3 Å². The Kier molecular flexibility index (Phi) is 5.11. The third-order valence-electron chi connectivity index (χ3n) is 4.51. The minimum Gasteiger partial charge on any atom is -0.475 e. The van der Waals surface area contributed by atoms with E-state index in [1.807, 2.05) is 0 Å². The van der Waals surface area contributed by atoms with E-state index in [1.165, 1.54) is 4.31 Å². The van der Waals surface area contributed by atoms with Crippen LogP contribution in [0.3, 0.4) is 0 Å². The number of furan rings is 1. The van der Waals surface area contributed by atoms with Crippen LogP contribution >= 0.6 is 0 Å². The molecule has 1 amide bonds. The highest BCUT2D eigenvalue weighted by Crippen LogP contribution is 2.26.